The smallest absolute Gasteiger partial charge is 0.166 e. The molecule has 104 valence electrons. The number of hydrogen-bond donors (Lipinski definition) is 2. The standard InChI is InChI=1S/C14H19ClN2OS/c1-10(13-3-2-8-18-13)17-14(19)16-9-11-4-6-12(15)7-5-11/h4-7,10,13H,2-3,8-9H2,1H3,(H2,16,17,19). The van der Waals surface area contributed by atoms with Crippen molar-refractivity contribution in [2.75, 3.05) is 6.61 Å². The van der Waals surface area contributed by atoms with Crippen molar-refractivity contribution >= 4 is 28.9 Å². The van der Waals surface area contributed by atoms with Gasteiger partial charge in [0, 0.05) is 18.2 Å². The summed E-state index contributed by atoms with van der Waals surface area (Å²) >= 11 is 11.1. The minimum atomic E-state index is 0.243. The van der Waals surface area contributed by atoms with E-state index in [-0.39, 0.29) is 12.1 Å². The van der Waals surface area contributed by atoms with Crippen LogP contribution in [0.1, 0.15) is 25.3 Å². The fourth-order valence-corrected chi connectivity index (χ4v) is 2.52. The number of benzene rings is 1. The van der Waals surface area contributed by atoms with Crippen LogP contribution in [-0.2, 0) is 11.3 Å². The highest BCUT2D eigenvalue weighted by molar-refractivity contribution is 7.80. The first-order valence-electron chi connectivity index (χ1n) is 6.55. The Balaban J connectivity index is 1.73. The molecule has 1 saturated heterocycles. The lowest BCUT2D eigenvalue weighted by molar-refractivity contribution is 0.0893. The molecule has 0 aliphatic carbocycles. The van der Waals surface area contributed by atoms with Crippen molar-refractivity contribution in [2.24, 2.45) is 0 Å². The van der Waals surface area contributed by atoms with Gasteiger partial charge < -0.3 is 15.4 Å². The Labute approximate surface area is 124 Å². The van der Waals surface area contributed by atoms with Gasteiger partial charge in [-0.25, -0.2) is 0 Å². The molecule has 3 nitrogen and oxygen atoms in total. The predicted octanol–water partition coefficient (Wildman–Crippen LogP) is 2.87. The Kier molecular flexibility index (Phi) is 5.43. The monoisotopic (exact) mass is 298 g/mol. The van der Waals surface area contributed by atoms with Crippen LogP contribution in [0.5, 0.6) is 0 Å². The first kappa shape index (κ1) is 14.6. The van der Waals surface area contributed by atoms with Crippen LogP contribution in [0, 0.1) is 0 Å². The van der Waals surface area contributed by atoms with Crippen molar-refractivity contribution in [1.29, 1.82) is 0 Å². The van der Waals surface area contributed by atoms with Crippen LogP contribution in [0.15, 0.2) is 24.3 Å². The maximum Gasteiger partial charge on any atom is 0.166 e. The van der Waals surface area contributed by atoms with Crippen LogP contribution in [0.4, 0.5) is 0 Å². The summed E-state index contributed by atoms with van der Waals surface area (Å²) in [4.78, 5) is 0. The van der Waals surface area contributed by atoms with Gasteiger partial charge in [0.25, 0.3) is 0 Å². The van der Waals surface area contributed by atoms with E-state index in [1.54, 1.807) is 0 Å². The molecule has 1 aliphatic heterocycles. The number of hydrogen-bond acceptors (Lipinski definition) is 2. The molecule has 19 heavy (non-hydrogen) atoms. The Morgan fingerprint density at radius 1 is 1.47 bits per heavy atom. The topological polar surface area (TPSA) is 33.3 Å². The lowest BCUT2D eigenvalue weighted by Crippen LogP contribution is -2.45. The van der Waals surface area contributed by atoms with Gasteiger partial charge in [0.2, 0.25) is 0 Å². The molecule has 1 aromatic rings. The third kappa shape index (κ3) is 4.64. The van der Waals surface area contributed by atoms with Gasteiger partial charge in [-0.15, -0.1) is 0 Å². The summed E-state index contributed by atoms with van der Waals surface area (Å²) in [5.41, 5.74) is 1.15. The highest BCUT2D eigenvalue weighted by Gasteiger charge is 2.22. The van der Waals surface area contributed by atoms with E-state index in [9.17, 15) is 0 Å². The lowest BCUT2D eigenvalue weighted by atomic mass is 10.1. The second-order valence-electron chi connectivity index (χ2n) is 4.79. The summed E-state index contributed by atoms with van der Waals surface area (Å²) in [6.45, 7) is 3.66. The molecule has 2 rings (SSSR count). The van der Waals surface area contributed by atoms with Crippen LogP contribution in [0.2, 0.25) is 5.02 Å². The highest BCUT2D eigenvalue weighted by atomic mass is 35.5. The molecule has 0 amide bonds. The van der Waals surface area contributed by atoms with Crippen molar-refractivity contribution in [3.05, 3.63) is 34.9 Å². The van der Waals surface area contributed by atoms with E-state index in [4.69, 9.17) is 28.6 Å². The number of halogens is 1. The van der Waals surface area contributed by atoms with E-state index in [0.717, 1.165) is 30.0 Å². The van der Waals surface area contributed by atoms with Crippen molar-refractivity contribution in [2.45, 2.75) is 38.5 Å². The molecule has 0 aromatic heterocycles. The van der Waals surface area contributed by atoms with Crippen molar-refractivity contribution < 1.29 is 4.74 Å². The van der Waals surface area contributed by atoms with E-state index in [1.165, 1.54) is 0 Å². The zero-order valence-corrected chi connectivity index (χ0v) is 12.6. The highest BCUT2D eigenvalue weighted by Crippen LogP contribution is 2.15. The molecule has 1 fully saturated rings. The lowest BCUT2D eigenvalue weighted by Gasteiger charge is -2.22. The van der Waals surface area contributed by atoms with Crippen molar-refractivity contribution in [3.63, 3.8) is 0 Å². The molecule has 1 heterocycles. The largest absolute Gasteiger partial charge is 0.376 e. The molecule has 0 spiro atoms. The summed E-state index contributed by atoms with van der Waals surface area (Å²) in [5, 5.41) is 7.88. The molecule has 1 aromatic carbocycles. The molecule has 0 bridgehead atoms. The van der Waals surface area contributed by atoms with E-state index in [1.807, 2.05) is 24.3 Å². The van der Waals surface area contributed by atoms with Crippen molar-refractivity contribution in [3.8, 4) is 0 Å². The summed E-state index contributed by atoms with van der Waals surface area (Å²) in [6, 6.07) is 7.98. The fraction of sp³-hybridized carbons (Fsp3) is 0.500. The van der Waals surface area contributed by atoms with Gasteiger partial charge in [0.15, 0.2) is 5.11 Å². The van der Waals surface area contributed by atoms with Crippen LogP contribution in [0.3, 0.4) is 0 Å². The zero-order chi connectivity index (χ0) is 13.7. The average Bonchev–Trinajstić information content (AvgIpc) is 2.92. The number of rotatable bonds is 4. The second-order valence-corrected chi connectivity index (χ2v) is 5.64. The maximum atomic E-state index is 5.84. The summed E-state index contributed by atoms with van der Waals surface area (Å²) in [5.74, 6) is 0. The van der Waals surface area contributed by atoms with Gasteiger partial charge in [-0.05, 0) is 49.7 Å². The summed E-state index contributed by atoms with van der Waals surface area (Å²) in [7, 11) is 0. The minimum Gasteiger partial charge on any atom is -0.376 e. The van der Waals surface area contributed by atoms with Gasteiger partial charge >= 0.3 is 0 Å². The predicted molar refractivity (Wildman–Crippen MR) is 82.5 cm³/mol. The van der Waals surface area contributed by atoms with Gasteiger partial charge in [0.1, 0.15) is 0 Å². The number of ether oxygens (including phenoxy) is 1. The van der Waals surface area contributed by atoms with Gasteiger partial charge in [0.05, 0.1) is 12.1 Å². The average molecular weight is 299 g/mol. The molecule has 5 heteroatoms. The maximum absolute atomic E-state index is 5.84. The Hall–Kier alpha value is -0.840. The van der Waals surface area contributed by atoms with E-state index in [0.29, 0.717) is 11.7 Å². The minimum absolute atomic E-state index is 0.243. The molecule has 2 unspecified atom stereocenters. The number of thiocarbonyl (C=S) groups is 1. The van der Waals surface area contributed by atoms with Gasteiger partial charge in [-0.2, -0.15) is 0 Å². The van der Waals surface area contributed by atoms with E-state index in [2.05, 4.69) is 17.6 Å². The molecule has 2 N–H and O–H groups in total. The first-order chi connectivity index (χ1) is 9.15. The number of nitrogens with one attached hydrogen (secondary N) is 2. The third-order valence-electron chi connectivity index (χ3n) is 3.25. The second kappa shape index (κ2) is 7.08. The normalized spacial score (nSPS) is 20.0. The third-order valence-corrected chi connectivity index (χ3v) is 3.76. The quantitative estimate of drug-likeness (QED) is 0.838. The summed E-state index contributed by atoms with van der Waals surface area (Å²) in [6.07, 6.45) is 2.52. The van der Waals surface area contributed by atoms with Crippen LogP contribution >= 0.6 is 23.8 Å². The zero-order valence-electron chi connectivity index (χ0n) is 11.0. The fourth-order valence-electron chi connectivity index (χ4n) is 2.13. The van der Waals surface area contributed by atoms with E-state index < -0.39 is 0 Å². The molecule has 1 aliphatic rings. The van der Waals surface area contributed by atoms with Crippen LogP contribution < -0.4 is 10.6 Å². The van der Waals surface area contributed by atoms with Crippen molar-refractivity contribution in [1.82, 2.24) is 10.6 Å². The summed E-state index contributed by atoms with van der Waals surface area (Å²) < 4.78 is 5.63. The Morgan fingerprint density at radius 2 is 2.21 bits per heavy atom. The van der Waals surface area contributed by atoms with Crippen LogP contribution in [0.25, 0.3) is 0 Å². The SMILES string of the molecule is CC(NC(=S)NCc1ccc(Cl)cc1)C1CCCO1. The van der Waals surface area contributed by atoms with Gasteiger partial charge in [-0.1, -0.05) is 23.7 Å². The molecule has 0 radical (unpaired) electrons. The first-order valence-corrected chi connectivity index (χ1v) is 7.34. The molecule has 2 atom stereocenters. The van der Waals surface area contributed by atoms with Crippen LogP contribution in [-0.4, -0.2) is 23.9 Å². The molecular formula is C14H19ClN2OS. The Morgan fingerprint density at radius 3 is 2.84 bits per heavy atom. The van der Waals surface area contributed by atoms with E-state index >= 15 is 0 Å². The Bertz CT molecular complexity index is 418. The van der Waals surface area contributed by atoms with Gasteiger partial charge in [-0.3, -0.25) is 0 Å². The molecular weight excluding hydrogens is 280 g/mol. The molecule has 0 saturated carbocycles.